The fourth-order valence-electron chi connectivity index (χ4n) is 2.28. The number of aromatic amines is 1. The molecule has 4 heteroatoms. The Morgan fingerprint density at radius 1 is 1.21 bits per heavy atom. The van der Waals surface area contributed by atoms with E-state index in [2.05, 4.69) is 25.8 Å². The number of hydrogen-bond acceptors (Lipinski definition) is 2. The fourth-order valence-corrected chi connectivity index (χ4v) is 2.65. The van der Waals surface area contributed by atoms with Gasteiger partial charge in [-0.25, -0.2) is 0 Å². The molecule has 0 aliphatic carbocycles. The zero-order chi connectivity index (χ0) is 14.0. The first kappa shape index (κ1) is 14.0. The van der Waals surface area contributed by atoms with Gasteiger partial charge in [-0.2, -0.15) is 0 Å². The first-order valence-corrected chi connectivity index (χ1v) is 7.15. The van der Waals surface area contributed by atoms with Crippen LogP contribution in [-0.4, -0.2) is 9.55 Å². The maximum atomic E-state index is 12.5. The number of fused-ring (bicyclic) bond motifs is 1. The van der Waals surface area contributed by atoms with Crippen molar-refractivity contribution in [3.8, 4) is 0 Å². The maximum Gasteiger partial charge on any atom is 0.262 e. The molecule has 0 saturated carbocycles. The van der Waals surface area contributed by atoms with E-state index >= 15 is 0 Å². The van der Waals surface area contributed by atoms with Gasteiger partial charge in [0.05, 0.1) is 10.9 Å². The number of nitrogens with zero attached hydrogens (tertiary/aromatic N) is 1. The Kier molecular flexibility index (Phi) is 4.20. The summed E-state index contributed by atoms with van der Waals surface area (Å²) in [5.74, 6) is 0.635. The van der Waals surface area contributed by atoms with Gasteiger partial charge in [0.1, 0.15) is 0 Å². The van der Waals surface area contributed by atoms with E-state index in [-0.39, 0.29) is 11.6 Å². The molecule has 1 atom stereocenters. The van der Waals surface area contributed by atoms with Gasteiger partial charge in [-0.05, 0) is 50.0 Å². The summed E-state index contributed by atoms with van der Waals surface area (Å²) in [6.45, 7) is 6.44. The maximum absolute atomic E-state index is 12.5. The van der Waals surface area contributed by atoms with Gasteiger partial charge in [0.15, 0.2) is 4.77 Å². The van der Waals surface area contributed by atoms with Gasteiger partial charge >= 0.3 is 0 Å². The van der Waals surface area contributed by atoms with Crippen molar-refractivity contribution in [1.29, 1.82) is 0 Å². The van der Waals surface area contributed by atoms with E-state index in [0.29, 0.717) is 16.1 Å². The second-order valence-corrected chi connectivity index (χ2v) is 5.86. The number of H-pyrrole nitrogens is 1. The predicted molar refractivity (Wildman–Crippen MR) is 82.2 cm³/mol. The van der Waals surface area contributed by atoms with Crippen LogP contribution in [0.25, 0.3) is 10.9 Å². The summed E-state index contributed by atoms with van der Waals surface area (Å²) >= 11 is 5.33. The van der Waals surface area contributed by atoms with Gasteiger partial charge in [0, 0.05) is 6.04 Å². The molecular weight excluding hydrogens is 256 g/mol. The molecule has 2 aromatic rings. The van der Waals surface area contributed by atoms with Crippen LogP contribution < -0.4 is 5.56 Å². The normalized spacial score (nSPS) is 13.1. The van der Waals surface area contributed by atoms with Crippen molar-refractivity contribution < 1.29 is 0 Å². The summed E-state index contributed by atoms with van der Waals surface area (Å²) < 4.78 is 2.22. The largest absolute Gasteiger partial charge is 0.332 e. The SMILES string of the molecule is CC(C)CCC(C)n1c(=S)[nH]c2ccccc2c1=O. The molecule has 19 heavy (non-hydrogen) atoms. The molecule has 102 valence electrons. The lowest BCUT2D eigenvalue weighted by Crippen LogP contribution is -2.25. The van der Waals surface area contributed by atoms with Crippen molar-refractivity contribution in [2.45, 2.75) is 39.7 Å². The number of benzene rings is 1. The highest BCUT2D eigenvalue weighted by Crippen LogP contribution is 2.17. The van der Waals surface area contributed by atoms with Gasteiger partial charge in [-0.15, -0.1) is 0 Å². The Morgan fingerprint density at radius 3 is 2.58 bits per heavy atom. The van der Waals surface area contributed by atoms with Crippen LogP contribution in [0.2, 0.25) is 0 Å². The number of rotatable bonds is 4. The lowest BCUT2D eigenvalue weighted by molar-refractivity contribution is 0.426. The summed E-state index contributed by atoms with van der Waals surface area (Å²) in [4.78, 5) is 15.7. The average molecular weight is 276 g/mol. The third kappa shape index (κ3) is 2.95. The molecule has 1 aromatic carbocycles. The third-order valence-corrected chi connectivity index (χ3v) is 3.74. The lowest BCUT2D eigenvalue weighted by Gasteiger charge is -2.17. The highest BCUT2D eigenvalue weighted by atomic mass is 32.1. The van der Waals surface area contributed by atoms with Crippen LogP contribution in [0, 0.1) is 10.7 Å². The van der Waals surface area contributed by atoms with Gasteiger partial charge in [-0.3, -0.25) is 9.36 Å². The number of aromatic nitrogens is 2. The number of para-hydroxylation sites is 1. The van der Waals surface area contributed by atoms with Crippen molar-refractivity contribution in [3.05, 3.63) is 39.4 Å². The van der Waals surface area contributed by atoms with Crippen LogP contribution >= 0.6 is 12.2 Å². The van der Waals surface area contributed by atoms with Crippen molar-refractivity contribution in [3.63, 3.8) is 0 Å². The van der Waals surface area contributed by atoms with Crippen LogP contribution in [0.15, 0.2) is 29.1 Å². The Balaban J connectivity index is 2.49. The lowest BCUT2D eigenvalue weighted by atomic mass is 10.0. The summed E-state index contributed by atoms with van der Waals surface area (Å²) in [6, 6.07) is 7.64. The fraction of sp³-hybridized carbons (Fsp3) is 0.467. The predicted octanol–water partition coefficient (Wildman–Crippen LogP) is 4.06. The summed E-state index contributed by atoms with van der Waals surface area (Å²) in [5.41, 5.74) is 0.820. The Bertz CT molecular complexity index is 684. The summed E-state index contributed by atoms with van der Waals surface area (Å²) in [5, 5.41) is 0.701. The molecule has 2 rings (SSSR count). The van der Waals surface area contributed by atoms with Crippen molar-refractivity contribution in [2.75, 3.05) is 0 Å². The van der Waals surface area contributed by atoms with Crippen molar-refractivity contribution in [1.82, 2.24) is 9.55 Å². The zero-order valence-electron chi connectivity index (χ0n) is 11.6. The van der Waals surface area contributed by atoms with Crippen LogP contribution in [0.3, 0.4) is 0 Å². The van der Waals surface area contributed by atoms with Crippen LogP contribution in [0.1, 0.15) is 39.7 Å². The van der Waals surface area contributed by atoms with Crippen molar-refractivity contribution in [2.24, 2.45) is 5.92 Å². The minimum atomic E-state index is 0.00982. The first-order valence-electron chi connectivity index (χ1n) is 6.74. The quantitative estimate of drug-likeness (QED) is 0.855. The third-order valence-electron chi connectivity index (χ3n) is 3.44. The molecule has 1 N–H and O–H groups in total. The molecule has 0 amide bonds. The molecule has 0 saturated heterocycles. The zero-order valence-corrected chi connectivity index (χ0v) is 12.5. The highest BCUT2D eigenvalue weighted by molar-refractivity contribution is 7.71. The molecule has 0 radical (unpaired) electrons. The van der Waals surface area contributed by atoms with E-state index in [1.807, 2.05) is 24.3 Å². The van der Waals surface area contributed by atoms with E-state index in [9.17, 15) is 4.79 Å². The molecule has 0 aliphatic heterocycles. The van der Waals surface area contributed by atoms with Gasteiger partial charge in [0.2, 0.25) is 0 Å². The minimum Gasteiger partial charge on any atom is -0.332 e. The Labute approximate surface area is 118 Å². The Morgan fingerprint density at radius 2 is 1.89 bits per heavy atom. The molecule has 1 heterocycles. The van der Waals surface area contributed by atoms with E-state index < -0.39 is 0 Å². The molecule has 3 nitrogen and oxygen atoms in total. The summed E-state index contributed by atoms with van der Waals surface area (Å²) in [6.07, 6.45) is 2.06. The molecule has 0 aliphatic rings. The molecule has 1 aromatic heterocycles. The Hall–Kier alpha value is -1.42. The molecular formula is C15H20N2OS. The van der Waals surface area contributed by atoms with E-state index in [4.69, 9.17) is 12.2 Å². The first-order chi connectivity index (χ1) is 9.00. The van der Waals surface area contributed by atoms with E-state index in [1.165, 1.54) is 0 Å². The van der Waals surface area contributed by atoms with E-state index in [1.54, 1.807) is 4.57 Å². The average Bonchev–Trinajstić information content (AvgIpc) is 2.36. The second-order valence-electron chi connectivity index (χ2n) is 5.47. The topological polar surface area (TPSA) is 37.8 Å². The molecule has 0 bridgehead atoms. The molecule has 1 unspecified atom stereocenters. The van der Waals surface area contributed by atoms with Crippen LogP contribution in [-0.2, 0) is 0 Å². The van der Waals surface area contributed by atoms with E-state index in [0.717, 1.165) is 18.4 Å². The van der Waals surface area contributed by atoms with Crippen LogP contribution in [0.4, 0.5) is 0 Å². The number of hydrogen-bond donors (Lipinski definition) is 1. The summed E-state index contributed by atoms with van der Waals surface area (Å²) in [7, 11) is 0. The number of nitrogens with one attached hydrogen (secondary N) is 1. The monoisotopic (exact) mass is 276 g/mol. The highest BCUT2D eigenvalue weighted by Gasteiger charge is 2.12. The second kappa shape index (κ2) is 5.70. The van der Waals surface area contributed by atoms with Gasteiger partial charge in [-0.1, -0.05) is 26.0 Å². The smallest absolute Gasteiger partial charge is 0.262 e. The van der Waals surface area contributed by atoms with Crippen LogP contribution in [0.5, 0.6) is 0 Å². The molecule has 0 fully saturated rings. The standard InChI is InChI=1S/C15H20N2OS/c1-10(2)8-9-11(3)17-14(18)12-6-4-5-7-13(12)16-15(17)19/h4-7,10-11H,8-9H2,1-3H3,(H,16,19). The van der Waals surface area contributed by atoms with Gasteiger partial charge < -0.3 is 4.98 Å². The van der Waals surface area contributed by atoms with Gasteiger partial charge in [0.25, 0.3) is 5.56 Å². The molecule has 0 spiro atoms. The van der Waals surface area contributed by atoms with Crippen molar-refractivity contribution >= 4 is 23.1 Å². The minimum absolute atomic E-state index is 0.00982.